The van der Waals surface area contributed by atoms with Gasteiger partial charge in [-0.1, -0.05) is 12.1 Å². The number of hydrogen-bond donors (Lipinski definition) is 1. The maximum atomic E-state index is 13.2. The molecule has 1 aromatic rings. The molecule has 1 atom stereocenters. The largest absolute Gasteiger partial charge is 0.378 e. The lowest BCUT2D eigenvalue weighted by atomic mass is 10.1. The molecule has 0 spiro atoms. The molecule has 0 bridgehead atoms. The Bertz CT molecular complexity index is 511. The molecule has 0 radical (unpaired) electrons. The van der Waals surface area contributed by atoms with Gasteiger partial charge in [0.2, 0.25) is 0 Å². The van der Waals surface area contributed by atoms with Gasteiger partial charge in [0.1, 0.15) is 5.82 Å². The predicted molar refractivity (Wildman–Crippen MR) is 85.7 cm³/mol. The molecule has 0 unspecified atom stereocenters. The lowest BCUT2D eigenvalue weighted by Gasteiger charge is -2.31. The van der Waals surface area contributed by atoms with Crippen LogP contribution in [0, 0.1) is 5.82 Å². The molecule has 1 N–H and O–H groups in total. The van der Waals surface area contributed by atoms with Crippen molar-refractivity contribution in [1.29, 1.82) is 0 Å². The fourth-order valence-electron chi connectivity index (χ4n) is 3.26. The second-order valence-corrected chi connectivity index (χ2v) is 6.10. The normalized spacial score (nSPS) is 20.5. The number of likely N-dealkylation sites (tertiary alicyclic amines) is 1. The smallest absolute Gasteiger partial charge is 0.317 e. The summed E-state index contributed by atoms with van der Waals surface area (Å²) < 4.78 is 18.5. The van der Waals surface area contributed by atoms with Crippen molar-refractivity contribution in [3.63, 3.8) is 0 Å². The van der Waals surface area contributed by atoms with E-state index < -0.39 is 0 Å². The van der Waals surface area contributed by atoms with Crippen LogP contribution in [0.15, 0.2) is 24.3 Å². The van der Waals surface area contributed by atoms with E-state index in [1.807, 2.05) is 12.1 Å². The Balaban J connectivity index is 1.63. The Morgan fingerprint density at radius 3 is 2.43 bits per heavy atom. The molecule has 2 heterocycles. The quantitative estimate of drug-likeness (QED) is 0.922. The van der Waals surface area contributed by atoms with Crippen molar-refractivity contribution in [2.24, 2.45) is 0 Å². The first-order chi connectivity index (χ1) is 11.2. The highest BCUT2D eigenvalue weighted by Crippen LogP contribution is 2.24. The highest BCUT2D eigenvalue weighted by atomic mass is 19.1. The number of ether oxygens (including phenoxy) is 1. The SMILES string of the molecule is O=C(NC[C@@H](c1ccc(F)cc1)N1CCCC1)N1CCOCC1. The van der Waals surface area contributed by atoms with Crippen LogP contribution in [0.1, 0.15) is 24.4 Å². The first kappa shape index (κ1) is 16.2. The topological polar surface area (TPSA) is 44.8 Å². The van der Waals surface area contributed by atoms with E-state index >= 15 is 0 Å². The average molecular weight is 321 g/mol. The van der Waals surface area contributed by atoms with E-state index in [9.17, 15) is 9.18 Å². The number of carbonyl (C=O) groups is 1. The minimum Gasteiger partial charge on any atom is -0.378 e. The van der Waals surface area contributed by atoms with Crippen molar-refractivity contribution < 1.29 is 13.9 Å². The molecule has 2 aliphatic rings. The zero-order valence-electron chi connectivity index (χ0n) is 13.3. The number of morpholine rings is 1. The van der Waals surface area contributed by atoms with Crippen molar-refractivity contribution in [2.45, 2.75) is 18.9 Å². The Kier molecular flexibility index (Phi) is 5.46. The summed E-state index contributed by atoms with van der Waals surface area (Å²) in [4.78, 5) is 16.4. The lowest BCUT2D eigenvalue weighted by molar-refractivity contribution is 0.0527. The number of rotatable bonds is 4. The minimum atomic E-state index is -0.230. The molecule has 0 saturated carbocycles. The second kappa shape index (κ2) is 7.75. The highest BCUT2D eigenvalue weighted by molar-refractivity contribution is 5.74. The van der Waals surface area contributed by atoms with Crippen molar-refractivity contribution in [3.8, 4) is 0 Å². The molecule has 2 aliphatic heterocycles. The van der Waals surface area contributed by atoms with Gasteiger partial charge < -0.3 is 15.0 Å². The van der Waals surface area contributed by atoms with Gasteiger partial charge in [-0.25, -0.2) is 9.18 Å². The summed E-state index contributed by atoms with van der Waals surface area (Å²) in [5, 5.41) is 3.04. The summed E-state index contributed by atoms with van der Waals surface area (Å²) in [6.45, 7) is 5.06. The van der Waals surface area contributed by atoms with Gasteiger partial charge in [0.05, 0.1) is 19.3 Å². The fourth-order valence-corrected chi connectivity index (χ4v) is 3.26. The molecule has 0 aliphatic carbocycles. The van der Waals surface area contributed by atoms with Gasteiger partial charge in [-0.15, -0.1) is 0 Å². The number of hydrogen-bond acceptors (Lipinski definition) is 3. The van der Waals surface area contributed by atoms with Gasteiger partial charge in [-0.2, -0.15) is 0 Å². The van der Waals surface area contributed by atoms with E-state index in [1.54, 1.807) is 4.90 Å². The summed E-state index contributed by atoms with van der Waals surface area (Å²) in [5.74, 6) is -0.230. The van der Waals surface area contributed by atoms with Gasteiger partial charge in [-0.3, -0.25) is 4.90 Å². The number of amides is 2. The maximum absolute atomic E-state index is 13.2. The van der Waals surface area contributed by atoms with Crippen LogP contribution in [0.2, 0.25) is 0 Å². The van der Waals surface area contributed by atoms with Crippen LogP contribution in [0.4, 0.5) is 9.18 Å². The third-order valence-corrected chi connectivity index (χ3v) is 4.58. The zero-order valence-corrected chi connectivity index (χ0v) is 13.3. The molecule has 126 valence electrons. The molecule has 2 saturated heterocycles. The number of nitrogens with one attached hydrogen (secondary N) is 1. The number of urea groups is 1. The standard InChI is InChI=1S/C17H24FN3O2/c18-15-5-3-14(4-6-15)16(20-7-1-2-8-20)13-19-17(22)21-9-11-23-12-10-21/h3-6,16H,1-2,7-13H2,(H,19,22)/t16-/m0/s1. The van der Waals surface area contributed by atoms with Crippen LogP contribution in [-0.2, 0) is 4.74 Å². The Morgan fingerprint density at radius 2 is 1.78 bits per heavy atom. The van der Waals surface area contributed by atoms with Crippen LogP contribution in [0.3, 0.4) is 0 Å². The second-order valence-electron chi connectivity index (χ2n) is 6.10. The van der Waals surface area contributed by atoms with Crippen LogP contribution in [-0.4, -0.2) is 61.8 Å². The number of nitrogens with zero attached hydrogens (tertiary/aromatic N) is 2. The van der Waals surface area contributed by atoms with Crippen LogP contribution >= 0.6 is 0 Å². The van der Waals surface area contributed by atoms with E-state index in [2.05, 4.69) is 10.2 Å². The number of carbonyl (C=O) groups excluding carboxylic acids is 1. The molecule has 5 nitrogen and oxygen atoms in total. The summed E-state index contributed by atoms with van der Waals surface area (Å²) in [6.07, 6.45) is 2.35. The Labute approximate surface area is 136 Å². The highest BCUT2D eigenvalue weighted by Gasteiger charge is 2.25. The van der Waals surface area contributed by atoms with Crippen LogP contribution in [0.25, 0.3) is 0 Å². The number of benzene rings is 1. The third-order valence-electron chi connectivity index (χ3n) is 4.58. The first-order valence-electron chi connectivity index (χ1n) is 8.34. The predicted octanol–water partition coefficient (Wildman–Crippen LogP) is 2.00. The Morgan fingerprint density at radius 1 is 1.13 bits per heavy atom. The monoisotopic (exact) mass is 321 g/mol. The van der Waals surface area contributed by atoms with Gasteiger partial charge >= 0.3 is 6.03 Å². The van der Waals surface area contributed by atoms with Crippen molar-refractivity contribution >= 4 is 6.03 Å². The molecular formula is C17H24FN3O2. The van der Waals surface area contributed by atoms with Gasteiger partial charge in [0, 0.05) is 19.6 Å². The molecule has 2 amide bonds. The summed E-state index contributed by atoms with van der Waals surface area (Å²) in [6, 6.07) is 6.67. The fraction of sp³-hybridized carbons (Fsp3) is 0.588. The number of halogens is 1. The van der Waals surface area contributed by atoms with Gasteiger partial charge in [0.15, 0.2) is 0 Å². The third kappa shape index (κ3) is 4.20. The summed E-state index contributed by atoms with van der Waals surface area (Å²) in [7, 11) is 0. The first-order valence-corrected chi connectivity index (χ1v) is 8.34. The van der Waals surface area contributed by atoms with E-state index in [-0.39, 0.29) is 17.9 Å². The van der Waals surface area contributed by atoms with Gasteiger partial charge in [0.25, 0.3) is 0 Å². The van der Waals surface area contributed by atoms with Crippen LogP contribution < -0.4 is 5.32 Å². The minimum absolute atomic E-state index is 0.0420. The van der Waals surface area contributed by atoms with Crippen LogP contribution in [0.5, 0.6) is 0 Å². The van der Waals surface area contributed by atoms with Crippen molar-refractivity contribution in [2.75, 3.05) is 45.9 Å². The molecule has 2 fully saturated rings. The van der Waals surface area contributed by atoms with Crippen molar-refractivity contribution in [3.05, 3.63) is 35.6 Å². The van der Waals surface area contributed by atoms with E-state index in [0.29, 0.717) is 32.8 Å². The van der Waals surface area contributed by atoms with E-state index in [4.69, 9.17) is 4.74 Å². The van der Waals surface area contributed by atoms with Gasteiger partial charge in [-0.05, 0) is 43.6 Å². The Hall–Kier alpha value is -1.66. The molecule has 3 rings (SSSR count). The van der Waals surface area contributed by atoms with Crippen molar-refractivity contribution in [1.82, 2.24) is 15.1 Å². The van der Waals surface area contributed by atoms with E-state index in [1.165, 1.54) is 25.0 Å². The maximum Gasteiger partial charge on any atom is 0.317 e. The molecule has 6 heteroatoms. The average Bonchev–Trinajstić information content (AvgIpc) is 3.11. The molecule has 1 aromatic carbocycles. The summed E-state index contributed by atoms with van der Waals surface area (Å²) >= 11 is 0. The summed E-state index contributed by atoms with van der Waals surface area (Å²) in [5.41, 5.74) is 1.05. The molecular weight excluding hydrogens is 297 g/mol. The molecule has 23 heavy (non-hydrogen) atoms. The zero-order chi connectivity index (χ0) is 16.1. The lowest BCUT2D eigenvalue weighted by Crippen LogP contribution is -2.48. The van der Waals surface area contributed by atoms with E-state index in [0.717, 1.165) is 18.7 Å². The molecule has 0 aromatic heterocycles.